The molecule has 10 heteroatoms. The molecule has 232 valence electrons. The van der Waals surface area contributed by atoms with Crippen LogP contribution in [0.5, 0.6) is 5.75 Å². The average molecular weight is 599 g/mol. The first kappa shape index (κ1) is 30.9. The van der Waals surface area contributed by atoms with Crippen molar-refractivity contribution in [2.75, 3.05) is 38.1 Å². The molecule has 3 aromatic carbocycles. The van der Waals surface area contributed by atoms with E-state index in [2.05, 4.69) is 22.3 Å². The van der Waals surface area contributed by atoms with Gasteiger partial charge in [0.2, 0.25) is 11.8 Å². The summed E-state index contributed by atoms with van der Waals surface area (Å²) in [4.78, 5) is 47.1. The van der Waals surface area contributed by atoms with Gasteiger partial charge in [0.05, 0.1) is 13.1 Å². The lowest BCUT2D eigenvalue weighted by molar-refractivity contribution is -0.187. The molecule has 4 amide bonds. The van der Waals surface area contributed by atoms with Crippen LogP contribution < -0.4 is 10.2 Å². The number of hydrogen-bond acceptors (Lipinski definition) is 6. The quantitative estimate of drug-likeness (QED) is 0.429. The minimum absolute atomic E-state index is 0. The fraction of sp³-hybridized carbons (Fsp3) is 0.382. The summed E-state index contributed by atoms with van der Waals surface area (Å²) in [7, 11) is 1.73. The van der Waals surface area contributed by atoms with Gasteiger partial charge >= 0.3 is 6.03 Å². The van der Waals surface area contributed by atoms with Crippen molar-refractivity contribution in [2.45, 2.75) is 52.0 Å². The Bertz CT molecular complexity index is 1460. The SMILES string of the molecule is C.CN1CC(=O)N2[C@@H](Cc3ccc(O)cc3)C(=O)N(Cc3cccc(N4CCCC4)c3)C[C@@H]2N1C(=O)NCc1ccccc1. The molecule has 3 saturated heterocycles. The van der Waals surface area contributed by atoms with E-state index < -0.39 is 12.2 Å². The van der Waals surface area contributed by atoms with Crippen LogP contribution in [0.2, 0.25) is 0 Å². The van der Waals surface area contributed by atoms with Crippen LogP contribution in [0.4, 0.5) is 10.5 Å². The molecule has 3 aliphatic heterocycles. The van der Waals surface area contributed by atoms with Gasteiger partial charge in [0.1, 0.15) is 18.0 Å². The smallest absolute Gasteiger partial charge is 0.334 e. The summed E-state index contributed by atoms with van der Waals surface area (Å²) >= 11 is 0. The Morgan fingerprint density at radius 1 is 0.909 bits per heavy atom. The first-order valence-electron chi connectivity index (χ1n) is 14.9. The van der Waals surface area contributed by atoms with Gasteiger partial charge in [-0.2, -0.15) is 0 Å². The molecule has 0 bridgehead atoms. The second-order valence-electron chi connectivity index (χ2n) is 11.6. The van der Waals surface area contributed by atoms with Crippen molar-refractivity contribution < 1.29 is 19.5 Å². The van der Waals surface area contributed by atoms with Crippen LogP contribution in [0.25, 0.3) is 0 Å². The Labute approximate surface area is 259 Å². The number of aromatic hydroxyl groups is 1. The van der Waals surface area contributed by atoms with Crippen LogP contribution in [0.15, 0.2) is 78.9 Å². The van der Waals surface area contributed by atoms with Gasteiger partial charge in [-0.05, 0) is 53.8 Å². The average Bonchev–Trinajstić information content (AvgIpc) is 3.55. The van der Waals surface area contributed by atoms with Gasteiger partial charge in [0.15, 0.2) is 0 Å². The van der Waals surface area contributed by atoms with Crippen LogP contribution in [0, 0.1) is 0 Å². The minimum atomic E-state index is -0.796. The van der Waals surface area contributed by atoms with E-state index in [-0.39, 0.29) is 50.5 Å². The zero-order valence-electron chi connectivity index (χ0n) is 24.4. The monoisotopic (exact) mass is 598 g/mol. The number of carbonyl (C=O) groups is 3. The second-order valence-corrected chi connectivity index (χ2v) is 11.6. The normalized spacial score (nSPS) is 20.4. The summed E-state index contributed by atoms with van der Waals surface area (Å²) < 4.78 is 0. The third kappa shape index (κ3) is 6.50. The van der Waals surface area contributed by atoms with Gasteiger partial charge in [-0.3, -0.25) is 9.59 Å². The summed E-state index contributed by atoms with van der Waals surface area (Å²) in [5, 5.41) is 16.0. The van der Waals surface area contributed by atoms with Crippen molar-refractivity contribution >= 4 is 23.5 Å². The molecular weight excluding hydrogens is 556 g/mol. The molecule has 3 aliphatic rings. The number of phenols is 1. The molecule has 0 spiro atoms. The number of carbonyl (C=O) groups excluding carboxylic acids is 3. The van der Waals surface area contributed by atoms with Gasteiger partial charge in [0.25, 0.3) is 0 Å². The molecule has 3 fully saturated rings. The topological polar surface area (TPSA) is 99.7 Å². The van der Waals surface area contributed by atoms with Crippen molar-refractivity contribution in [3.63, 3.8) is 0 Å². The van der Waals surface area contributed by atoms with E-state index in [1.165, 1.54) is 12.8 Å². The summed E-state index contributed by atoms with van der Waals surface area (Å²) in [5.74, 6) is -0.223. The van der Waals surface area contributed by atoms with E-state index >= 15 is 0 Å². The number of fused-ring (bicyclic) bond motifs is 1. The van der Waals surface area contributed by atoms with Crippen LogP contribution in [-0.2, 0) is 29.1 Å². The number of piperazine rings is 1. The van der Waals surface area contributed by atoms with Crippen LogP contribution >= 0.6 is 0 Å². The van der Waals surface area contributed by atoms with E-state index in [9.17, 15) is 19.5 Å². The molecule has 2 N–H and O–H groups in total. The highest BCUT2D eigenvalue weighted by Gasteiger charge is 2.50. The minimum Gasteiger partial charge on any atom is -0.508 e. The second kappa shape index (κ2) is 13.4. The maximum atomic E-state index is 14.2. The fourth-order valence-electron chi connectivity index (χ4n) is 6.40. The summed E-state index contributed by atoms with van der Waals surface area (Å²) in [5.41, 5.74) is 3.94. The zero-order chi connectivity index (χ0) is 29.9. The lowest BCUT2D eigenvalue weighted by Crippen LogP contribution is -2.76. The van der Waals surface area contributed by atoms with Gasteiger partial charge in [-0.1, -0.05) is 62.0 Å². The lowest BCUT2D eigenvalue weighted by Gasteiger charge is -2.54. The predicted octanol–water partition coefficient (Wildman–Crippen LogP) is 3.81. The Hall–Kier alpha value is -4.57. The highest BCUT2D eigenvalue weighted by molar-refractivity contribution is 5.91. The third-order valence-corrected chi connectivity index (χ3v) is 8.55. The number of nitrogens with one attached hydrogen (secondary N) is 1. The molecule has 6 rings (SSSR count). The van der Waals surface area contributed by atoms with Crippen molar-refractivity contribution in [2.24, 2.45) is 0 Å². The maximum absolute atomic E-state index is 14.2. The molecule has 0 aromatic heterocycles. The van der Waals surface area contributed by atoms with Crippen LogP contribution in [0.1, 0.15) is 37.0 Å². The number of anilines is 1. The summed E-state index contributed by atoms with van der Waals surface area (Å²) in [6.07, 6.45) is 1.95. The molecule has 0 unspecified atom stereocenters. The summed E-state index contributed by atoms with van der Waals surface area (Å²) in [6, 6.07) is 23.5. The first-order valence-corrected chi connectivity index (χ1v) is 14.9. The lowest BCUT2D eigenvalue weighted by atomic mass is 9.98. The van der Waals surface area contributed by atoms with Crippen LogP contribution in [0.3, 0.4) is 0 Å². The van der Waals surface area contributed by atoms with Crippen molar-refractivity contribution in [3.05, 3.63) is 95.6 Å². The molecule has 3 aromatic rings. The van der Waals surface area contributed by atoms with Crippen LogP contribution in [-0.4, -0.2) is 88.2 Å². The molecule has 0 radical (unpaired) electrons. The number of benzene rings is 3. The predicted molar refractivity (Wildman–Crippen MR) is 169 cm³/mol. The van der Waals surface area contributed by atoms with Crippen molar-refractivity contribution in [1.82, 2.24) is 25.1 Å². The largest absolute Gasteiger partial charge is 0.508 e. The molecule has 2 atom stereocenters. The van der Waals surface area contributed by atoms with E-state index in [0.717, 1.165) is 35.5 Å². The standard InChI is InChI=1S/C33H38N6O4.CH4/c1-35-23-31(41)38-29(19-24-12-14-28(40)15-13-24)32(42)37(21-26-10-7-11-27(18-26)36-16-5-6-17-36)22-30(38)39(35)33(43)34-20-25-8-3-2-4-9-25;/h2-4,7-15,18,29-30,40H,5-6,16-17,19-23H2,1H3,(H,34,43);1H4/t29-,30-;/m0./s1. The maximum Gasteiger partial charge on any atom is 0.334 e. The molecule has 44 heavy (non-hydrogen) atoms. The van der Waals surface area contributed by atoms with E-state index in [1.54, 1.807) is 51.1 Å². The number of phenolic OH excluding ortho intramolecular Hbond substituents is 1. The summed E-state index contributed by atoms with van der Waals surface area (Å²) in [6.45, 7) is 2.93. The molecule has 3 heterocycles. The number of hydrogen-bond donors (Lipinski definition) is 2. The number of likely N-dealkylation sites (N-methyl/N-ethyl adjacent to an activating group) is 1. The van der Waals surface area contributed by atoms with Gasteiger partial charge in [-0.25, -0.2) is 14.8 Å². The Balaban J connectivity index is 0.00000384. The fourth-order valence-corrected chi connectivity index (χ4v) is 6.40. The number of rotatable bonds is 7. The van der Waals surface area contributed by atoms with Gasteiger partial charge < -0.3 is 25.1 Å². The molecular formula is C34H42N6O4. The third-order valence-electron chi connectivity index (χ3n) is 8.55. The Kier molecular flexibility index (Phi) is 9.39. The Morgan fingerprint density at radius 3 is 2.34 bits per heavy atom. The number of urea groups is 1. The zero-order valence-corrected chi connectivity index (χ0v) is 24.4. The highest BCUT2D eigenvalue weighted by atomic mass is 16.3. The molecule has 10 nitrogen and oxygen atoms in total. The van der Waals surface area contributed by atoms with E-state index in [1.807, 2.05) is 42.5 Å². The first-order chi connectivity index (χ1) is 20.9. The van der Waals surface area contributed by atoms with Gasteiger partial charge in [-0.15, -0.1) is 0 Å². The number of hydrazine groups is 1. The van der Waals surface area contributed by atoms with Gasteiger partial charge in [0, 0.05) is 45.3 Å². The van der Waals surface area contributed by atoms with Crippen molar-refractivity contribution in [1.29, 1.82) is 0 Å². The van der Waals surface area contributed by atoms with Crippen molar-refractivity contribution in [3.8, 4) is 5.75 Å². The number of amides is 4. The highest BCUT2D eigenvalue weighted by Crippen LogP contribution is 2.30. The number of nitrogens with zero attached hydrogens (tertiary/aromatic N) is 5. The van der Waals surface area contributed by atoms with E-state index in [0.29, 0.717) is 13.1 Å². The molecule has 0 aliphatic carbocycles. The molecule has 0 saturated carbocycles. The van der Waals surface area contributed by atoms with E-state index in [4.69, 9.17) is 0 Å². The Morgan fingerprint density at radius 2 is 1.61 bits per heavy atom.